The lowest BCUT2D eigenvalue weighted by Crippen LogP contribution is -2.04. The maximum absolute atomic E-state index is 8.50. The van der Waals surface area contributed by atoms with Gasteiger partial charge in [0.25, 0.3) is 0 Å². The molecule has 0 radical (unpaired) electrons. The van der Waals surface area contributed by atoms with Crippen LogP contribution in [0.3, 0.4) is 0 Å². The summed E-state index contributed by atoms with van der Waals surface area (Å²) in [6.07, 6.45) is 0. The summed E-state index contributed by atoms with van der Waals surface area (Å²) < 4.78 is 5.27. The smallest absolute Gasteiger partial charge is 0.211 e. The van der Waals surface area contributed by atoms with E-state index in [1.807, 2.05) is 0 Å². The van der Waals surface area contributed by atoms with E-state index in [1.54, 1.807) is 0 Å². The van der Waals surface area contributed by atoms with Gasteiger partial charge < -0.3 is 20.4 Å². The van der Waals surface area contributed by atoms with Crippen molar-refractivity contribution in [2.45, 2.75) is 0 Å². The van der Waals surface area contributed by atoms with Gasteiger partial charge in [-0.25, -0.2) is 0 Å². The van der Waals surface area contributed by atoms with Crippen LogP contribution in [0.4, 0.5) is 0 Å². The average molecular weight is 101 g/mol. The van der Waals surface area contributed by atoms with Gasteiger partial charge in [-0.05, 0) is 0 Å². The molecule has 0 spiro atoms. The van der Waals surface area contributed by atoms with Crippen LogP contribution in [0.15, 0.2) is 0 Å². The van der Waals surface area contributed by atoms with E-state index >= 15 is 0 Å². The summed E-state index contributed by atoms with van der Waals surface area (Å²) in [5.41, 5.74) is 0. The molecule has 0 unspecified atom stereocenters. The van der Waals surface area contributed by atoms with Crippen LogP contribution in [0.25, 0.3) is 5.84 Å². The molecule has 40 valence electrons. The van der Waals surface area contributed by atoms with Crippen LogP contribution in [0.5, 0.6) is 0 Å². The molecule has 1 aliphatic heterocycles. The van der Waals surface area contributed by atoms with Crippen molar-refractivity contribution in [3.63, 3.8) is 0 Å². The molecule has 4 heteroatoms. The third-order valence-electron chi connectivity index (χ3n) is 0.670. The topological polar surface area (TPSA) is 56.3 Å². The second-order valence-corrected chi connectivity index (χ2v) is 1.20. The largest absolute Gasteiger partial charge is 0.546 e. The zero-order valence-electron chi connectivity index (χ0n) is 3.59. The highest BCUT2D eigenvalue weighted by molar-refractivity contribution is 5.70. The number of aliphatic hydroxyl groups is 1. The molecule has 2 N–H and O–H groups in total. The second kappa shape index (κ2) is 1.31. The van der Waals surface area contributed by atoms with Crippen molar-refractivity contribution in [3.05, 3.63) is 12.6 Å². The van der Waals surface area contributed by atoms with E-state index in [0.717, 1.165) is 11.4 Å². The summed E-state index contributed by atoms with van der Waals surface area (Å²) in [5, 5.41) is 8.50. The number of hydrogen-bond donors (Lipinski definition) is 1. The van der Waals surface area contributed by atoms with Crippen LogP contribution >= 0.6 is 0 Å². The lowest BCUT2D eigenvalue weighted by Gasteiger charge is -2.00. The first-order valence-electron chi connectivity index (χ1n) is 1.81. The van der Waals surface area contributed by atoms with Gasteiger partial charge in [0.05, 0.1) is 6.61 Å². The van der Waals surface area contributed by atoms with Crippen molar-refractivity contribution in [2.75, 3.05) is 6.61 Å². The molecule has 1 heterocycles. The molecule has 7 heavy (non-hydrogen) atoms. The molecule has 4 nitrogen and oxygen atoms in total. The van der Waals surface area contributed by atoms with Gasteiger partial charge in [-0.2, -0.15) is 0 Å². The van der Waals surface area contributed by atoms with E-state index < -0.39 is 0 Å². The number of rotatable bonds is 0. The Morgan fingerprint density at radius 3 is 2.86 bits per heavy atom. The van der Waals surface area contributed by atoms with Crippen molar-refractivity contribution in [1.29, 1.82) is 0 Å². The maximum Gasteiger partial charge on any atom is 0.211 e. The molecule has 0 fully saturated rings. The van der Waals surface area contributed by atoms with Crippen LogP contribution in [-0.4, -0.2) is 22.3 Å². The van der Waals surface area contributed by atoms with Crippen molar-refractivity contribution in [3.8, 4) is 0 Å². The van der Waals surface area contributed by atoms with Gasteiger partial charge in [-0.3, -0.25) is 0 Å². The molecular formula is C3H5N2O2-. The highest BCUT2D eigenvalue weighted by Crippen LogP contribution is 1.94. The molecule has 0 aromatic carbocycles. The van der Waals surface area contributed by atoms with Crippen molar-refractivity contribution >= 4 is 5.90 Å². The molecule has 0 saturated heterocycles. The highest BCUT2D eigenvalue weighted by Gasteiger charge is 2.01. The lowest BCUT2D eigenvalue weighted by atomic mass is 10.7. The van der Waals surface area contributed by atoms with Crippen molar-refractivity contribution in [1.82, 2.24) is 0 Å². The number of nitrogens with one attached hydrogen (secondary N) is 1. The fraction of sp³-hybridized carbons (Fsp3) is 0.333. The number of nitrogens with zero attached hydrogens (tertiary/aromatic N) is 1. The maximum atomic E-state index is 8.50. The summed E-state index contributed by atoms with van der Waals surface area (Å²) >= 11 is 0. The van der Waals surface area contributed by atoms with E-state index in [0.29, 0.717) is 0 Å². The summed E-state index contributed by atoms with van der Waals surface area (Å²) in [6.45, 7) is 1.26. The molecule has 0 aliphatic carbocycles. The first-order valence-corrected chi connectivity index (χ1v) is 1.81. The van der Waals surface area contributed by atoms with E-state index in [1.165, 1.54) is 0 Å². The molecular weight excluding hydrogens is 96.0 g/mol. The quantitative estimate of drug-likeness (QED) is 0.347. The minimum atomic E-state index is -0.0694. The van der Waals surface area contributed by atoms with E-state index in [2.05, 4.69) is 4.74 Å². The Labute approximate surface area is 40.8 Å². The first-order chi connectivity index (χ1) is 3.30. The normalized spacial score (nSPS) is 20.0. The molecule has 1 rings (SSSR count). The molecule has 0 saturated carbocycles. The average Bonchev–Trinajstić information content (AvgIpc) is 1.91. The van der Waals surface area contributed by atoms with Crippen LogP contribution in [-0.2, 0) is 4.74 Å². The van der Waals surface area contributed by atoms with Gasteiger partial charge in [0, 0.05) is 0 Å². The fourth-order valence-corrected chi connectivity index (χ4v) is 0.317. The number of ether oxygens (including phenoxy) is 1. The predicted molar refractivity (Wildman–Crippen MR) is 22.5 cm³/mol. The Kier molecular flexibility index (Phi) is 0.796. The van der Waals surface area contributed by atoms with Gasteiger partial charge in [0.1, 0.15) is 6.73 Å². The zero-order valence-corrected chi connectivity index (χ0v) is 3.59. The Morgan fingerprint density at radius 2 is 2.71 bits per heavy atom. The summed E-state index contributed by atoms with van der Waals surface area (Å²) in [4.78, 5) is 0. The summed E-state index contributed by atoms with van der Waals surface area (Å²) in [7, 11) is 0. The lowest BCUT2D eigenvalue weighted by molar-refractivity contribution is -0.441. The van der Waals surface area contributed by atoms with Crippen LogP contribution in [0.1, 0.15) is 0 Å². The highest BCUT2D eigenvalue weighted by atomic mass is 16.5. The fourth-order valence-electron chi connectivity index (χ4n) is 0.317. The minimum Gasteiger partial charge on any atom is -0.546 e. The number of aliphatic hydroxyl groups excluding tert-OH is 1. The Bertz CT molecular complexity index is 97.5. The third-order valence-corrected chi connectivity index (χ3v) is 0.670. The Hall–Kier alpha value is -0.900. The van der Waals surface area contributed by atoms with E-state index in [4.69, 9.17) is 10.9 Å². The molecule has 1 aliphatic rings. The van der Waals surface area contributed by atoms with Crippen LogP contribution < -0.4 is 0 Å². The van der Waals surface area contributed by atoms with Crippen LogP contribution in [0, 0.1) is 6.73 Å². The molecule has 0 amide bonds. The minimum absolute atomic E-state index is 0.0694. The van der Waals surface area contributed by atoms with Crippen molar-refractivity contribution in [2.24, 2.45) is 0 Å². The summed E-state index contributed by atoms with van der Waals surface area (Å²) in [5.74, 6) is 6.63. The predicted octanol–water partition coefficient (Wildman–Crippen LogP) is 0.0721. The number of hydrogen-bond acceptors (Lipinski definition) is 1. The monoisotopic (exact) mass is 101 g/mol. The zero-order chi connectivity index (χ0) is 5.28. The summed E-state index contributed by atoms with van der Waals surface area (Å²) in [6, 6.07) is 0. The van der Waals surface area contributed by atoms with E-state index in [9.17, 15) is 0 Å². The SMILES string of the molecule is [NH-][N+]1=C(O)CO[CH-]1. The second-order valence-electron chi connectivity index (χ2n) is 1.20. The van der Waals surface area contributed by atoms with Gasteiger partial charge in [-0.15, -0.1) is 0 Å². The molecule has 0 aromatic rings. The Balaban J connectivity index is 2.64. The molecule has 0 aromatic heterocycles. The van der Waals surface area contributed by atoms with Gasteiger partial charge in [-0.1, -0.05) is 0 Å². The molecule has 0 atom stereocenters. The van der Waals surface area contributed by atoms with Crippen molar-refractivity contribution < 1.29 is 14.5 Å². The van der Waals surface area contributed by atoms with E-state index in [-0.39, 0.29) is 12.5 Å². The standard InChI is InChI=1S/C3H5N2O2/c4-5-2-7-1-3(5)6/h2,4,6H,1H2/q-1. The Morgan fingerprint density at radius 1 is 2.00 bits per heavy atom. The van der Waals surface area contributed by atoms with Gasteiger partial charge in [0.15, 0.2) is 0 Å². The van der Waals surface area contributed by atoms with Crippen LogP contribution in [0.2, 0.25) is 0 Å². The van der Waals surface area contributed by atoms with Gasteiger partial charge >= 0.3 is 0 Å². The molecule has 0 bridgehead atoms. The third kappa shape index (κ3) is 0.592. The van der Waals surface area contributed by atoms with Gasteiger partial charge in [0.2, 0.25) is 5.90 Å². The first kappa shape index (κ1) is 4.26.